The highest BCUT2D eigenvalue weighted by atomic mass is 35.5. The summed E-state index contributed by atoms with van der Waals surface area (Å²) in [5.74, 6) is 0.422. The molecule has 2 aromatic carbocycles. The van der Waals surface area contributed by atoms with E-state index in [0.29, 0.717) is 16.4 Å². The summed E-state index contributed by atoms with van der Waals surface area (Å²) in [5.41, 5.74) is 2.17. The van der Waals surface area contributed by atoms with Crippen LogP contribution in [-0.4, -0.2) is 28.7 Å². The van der Waals surface area contributed by atoms with Crippen LogP contribution in [0, 0.1) is 22.7 Å². The van der Waals surface area contributed by atoms with Crippen LogP contribution >= 0.6 is 11.6 Å². The van der Waals surface area contributed by atoms with Crippen LogP contribution in [0.1, 0.15) is 11.1 Å². The lowest BCUT2D eigenvalue weighted by atomic mass is 9.97. The topological polar surface area (TPSA) is 101 Å². The van der Waals surface area contributed by atoms with E-state index in [1.165, 1.54) is 0 Å². The maximum Gasteiger partial charge on any atom is 0.289 e. The number of H-pyrrole nitrogens is 1. The van der Waals surface area contributed by atoms with E-state index >= 15 is 0 Å². The first-order chi connectivity index (χ1) is 14.4. The normalized spacial score (nSPS) is 10.6. The highest BCUT2D eigenvalue weighted by Crippen LogP contribution is 2.30. The monoisotopic (exact) mass is 414 g/mol. The Balaban J connectivity index is 1.99. The number of hydrogen-bond donors (Lipinski definition) is 1. The van der Waals surface area contributed by atoms with Crippen molar-refractivity contribution < 1.29 is 0 Å². The van der Waals surface area contributed by atoms with E-state index in [4.69, 9.17) is 11.6 Å². The molecular formula is C22H15ClN6O. The van der Waals surface area contributed by atoms with E-state index in [1.54, 1.807) is 24.3 Å². The molecule has 30 heavy (non-hydrogen) atoms. The average molecular weight is 415 g/mol. The second-order valence-corrected chi connectivity index (χ2v) is 7.27. The predicted octanol–water partition coefficient (Wildman–Crippen LogP) is 3.82. The van der Waals surface area contributed by atoms with Crippen molar-refractivity contribution in [1.82, 2.24) is 14.6 Å². The molecule has 0 aliphatic heterocycles. The molecular weight excluding hydrogens is 400 g/mol. The number of anilines is 1. The van der Waals surface area contributed by atoms with Crippen molar-refractivity contribution in [3.8, 4) is 34.7 Å². The largest absolute Gasteiger partial charge is 0.378 e. The fourth-order valence-electron chi connectivity index (χ4n) is 3.27. The molecule has 1 N–H and O–H groups in total. The van der Waals surface area contributed by atoms with Crippen LogP contribution in [0.2, 0.25) is 5.02 Å². The van der Waals surface area contributed by atoms with E-state index in [-0.39, 0.29) is 22.3 Å². The van der Waals surface area contributed by atoms with Crippen molar-refractivity contribution in [2.75, 3.05) is 19.0 Å². The highest BCUT2D eigenvalue weighted by Gasteiger charge is 2.22. The second kappa shape index (κ2) is 7.40. The SMILES string of the molecule is CN(C)c1ccc(-c2nc3c(C#N)c(-c4ccc(Cl)cc4)c(C#N)c(=O)n3[nH]2)cc1. The summed E-state index contributed by atoms with van der Waals surface area (Å²) in [6.45, 7) is 0. The first-order valence-electron chi connectivity index (χ1n) is 8.97. The fourth-order valence-corrected chi connectivity index (χ4v) is 3.40. The number of fused-ring (bicyclic) bond motifs is 1. The fraction of sp³-hybridized carbons (Fsp3) is 0.0909. The van der Waals surface area contributed by atoms with Crippen molar-refractivity contribution in [1.29, 1.82) is 10.5 Å². The van der Waals surface area contributed by atoms with Gasteiger partial charge in [-0.2, -0.15) is 15.0 Å². The van der Waals surface area contributed by atoms with Gasteiger partial charge >= 0.3 is 0 Å². The lowest BCUT2D eigenvalue weighted by molar-refractivity contribution is 0.918. The number of aromatic nitrogens is 3. The van der Waals surface area contributed by atoms with Gasteiger partial charge in [-0.3, -0.25) is 9.89 Å². The van der Waals surface area contributed by atoms with Crippen molar-refractivity contribution in [3.05, 3.63) is 75.0 Å². The molecule has 0 radical (unpaired) electrons. The van der Waals surface area contributed by atoms with Crippen molar-refractivity contribution in [2.45, 2.75) is 0 Å². The lowest BCUT2D eigenvalue weighted by Crippen LogP contribution is -2.20. The van der Waals surface area contributed by atoms with Gasteiger partial charge in [-0.1, -0.05) is 23.7 Å². The van der Waals surface area contributed by atoms with E-state index in [0.717, 1.165) is 15.8 Å². The van der Waals surface area contributed by atoms with E-state index in [2.05, 4.69) is 16.2 Å². The Morgan fingerprint density at radius 2 is 1.57 bits per heavy atom. The van der Waals surface area contributed by atoms with E-state index in [1.807, 2.05) is 49.3 Å². The first kappa shape index (κ1) is 19.3. The number of nitrogens with zero attached hydrogens (tertiary/aromatic N) is 5. The Labute approximate surface area is 177 Å². The molecule has 0 saturated heterocycles. The van der Waals surface area contributed by atoms with Crippen LogP contribution in [0.5, 0.6) is 0 Å². The van der Waals surface area contributed by atoms with Gasteiger partial charge in [-0.25, -0.2) is 4.98 Å². The minimum atomic E-state index is -0.569. The van der Waals surface area contributed by atoms with Gasteiger partial charge in [0.2, 0.25) is 0 Å². The third kappa shape index (κ3) is 3.08. The third-order valence-electron chi connectivity index (χ3n) is 4.80. The third-order valence-corrected chi connectivity index (χ3v) is 5.05. The molecule has 0 fully saturated rings. The highest BCUT2D eigenvalue weighted by molar-refractivity contribution is 6.30. The summed E-state index contributed by atoms with van der Waals surface area (Å²) < 4.78 is 1.14. The number of halogens is 1. The van der Waals surface area contributed by atoms with Gasteiger partial charge in [0, 0.05) is 35.9 Å². The van der Waals surface area contributed by atoms with Gasteiger partial charge in [-0.15, -0.1) is 0 Å². The smallest absolute Gasteiger partial charge is 0.289 e. The minimum Gasteiger partial charge on any atom is -0.378 e. The average Bonchev–Trinajstić information content (AvgIpc) is 3.20. The summed E-state index contributed by atoms with van der Waals surface area (Å²) >= 11 is 5.96. The molecule has 0 spiro atoms. The van der Waals surface area contributed by atoms with Crippen molar-refractivity contribution >= 4 is 22.9 Å². The molecule has 2 aromatic heterocycles. The zero-order valence-electron chi connectivity index (χ0n) is 16.1. The molecule has 0 atom stereocenters. The van der Waals surface area contributed by atoms with E-state index < -0.39 is 5.56 Å². The maximum absolute atomic E-state index is 13.0. The number of nitrogens with one attached hydrogen (secondary N) is 1. The summed E-state index contributed by atoms with van der Waals surface area (Å²) in [6.07, 6.45) is 0. The molecule has 8 heteroatoms. The summed E-state index contributed by atoms with van der Waals surface area (Å²) in [4.78, 5) is 19.5. The number of hydrogen-bond acceptors (Lipinski definition) is 5. The molecule has 0 saturated carbocycles. The van der Waals surface area contributed by atoms with Crippen LogP contribution in [0.25, 0.3) is 28.2 Å². The number of nitriles is 2. The van der Waals surface area contributed by atoms with Crippen LogP contribution in [0.15, 0.2) is 53.3 Å². The molecule has 4 aromatic rings. The van der Waals surface area contributed by atoms with Crippen LogP contribution < -0.4 is 10.5 Å². The van der Waals surface area contributed by atoms with Crippen LogP contribution in [0.4, 0.5) is 5.69 Å². The predicted molar refractivity (Wildman–Crippen MR) is 115 cm³/mol. The van der Waals surface area contributed by atoms with Gasteiger partial charge in [0.15, 0.2) is 11.5 Å². The first-order valence-corrected chi connectivity index (χ1v) is 9.35. The second-order valence-electron chi connectivity index (χ2n) is 6.83. The lowest BCUT2D eigenvalue weighted by Gasteiger charge is -2.11. The van der Waals surface area contributed by atoms with Gasteiger partial charge in [0.25, 0.3) is 5.56 Å². The molecule has 146 valence electrons. The van der Waals surface area contributed by atoms with Gasteiger partial charge in [0.05, 0.1) is 0 Å². The molecule has 0 amide bonds. The minimum absolute atomic E-state index is 0.135. The van der Waals surface area contributed by atoms with E-state index in [9.17, 15) is 15.3 Å². The molecule has 2 heterocycles. The Kier molecular flexibility index (Phi) is 4.75. The Hall–Kier alpha value is -4.07. The van der Waals surface area contributed by atoms with Gasteiger partial charge < -0.3 is 4.90 Å². The Morgan fingerprint density at radius 1 is 0.967 bits per heavy atom. The molecule has 0 bridgehead atoms. The quantitative estimate of drug-likeness (QED) is 0.549. The molecule has 0 aliphatic rings. The van der Waals surface area contributed by atoms with Gasteiger partial charge in [-0.05, 0) is 42.0 Å². The number of aromatic amines is 1. The van der Waals surface area contributed by atoms with Crippen molar-refractivity contribution in [2.24, 2.45) is 0 Å². The molecule has 7 nitrogen and oxygen atoms in total. The Morgan fingerprint density at radius 3 is 2.13 bits per heavy atom. The molecule has 0 unspecified atom stereocenters. The summed E-state index contributed by atoms with van der Waals surface area (Å²) in [6, 6.07) is 18.3. The Bertz CT molecular complexity index is 1400. The maximum atomic E-state index is 13.0. The number of rotatable bonds is 3. The molecule has 4 rings (SSSR count). The molecule has 0 aliphatic carbocycles. The van der Waals surface area contributed by atoms with Crippen LogP contribution in [-0.2, 0) is 0 Å². The van der Waals surface area contributed by atoms with Gasteiger partial charge in [0.1, 0.15) is 23.3 Å². The van der Waals surface area contributed by atoms with Crippen molar-refractivity contribution in [3.63, 3.8) is 0 Å². The zero-order chi connectivity index (χ0) is 21.4. The summed E-state index contributed by atoms with van der Waals surface area (Å²) in [7, 11) is 3.88. The standard InChI is InChI=1S/C22H15ClN6O/c1-28(2)16-9-5-14(6-10-16)20-26-21-17(11-24)19(13-3-7-15(23)8-4-13)18(12-25)22(30)29(21)27-20/h3-10H,1-2H3,(H,26,27). The zero-order valence-corrected chi connectivity index (χ0v) is 16.9. The van der Waals surface area contributed by atoms with Crippen LogP contribution in [0.3, 0.4) is 0 Å². The number of pyridine rings is 1. The summed E-state index contributed by atoms with van der Waals surface area (Å²) in [5, 5.41) is 23.0. The number of benzene rings is 2.